The van der Waals surface area contributed by atoms with Gasteiger partial charge in [-0.25, -0.2) is 5.43 Å². The van der Waals surface area contributed by atoms with Crippen molar-refractivity contribution in [3.05, 3.63) is 77.9 Å². The molecule has 0 aliphatic carbocycles. The SMILES string of the molecule is CSc1ccc(C(NN)c2cccc3ccccc23)cc1. The molecule has 21 heavy (non-hydrogen) atoms. The Kier molecular flexibility index (Phi) is 4.25. The smallest absolute Gasteiger partial charge is 0.0716 e. The molecule has 0 aliphatic heterocycles. The summed E-state index contributed by atoms with van der Waals surface area (Å²) in [4.78, 5) is 1.26. The zero-order valence-electron chi connectivity index (χ0n) is 11.9. The van der Waals surface area contributed by atoms with Crippen LogP contribution in [0.2, 0.25) is 0 Å². The monoisotopic (exact) mass is 294 g/mol. The van der Waals surface area contributed by atoms with Gasteiger partial charge in [-0.3, -0.25) is 5.84 Å². The van der Waals surface area contributed by atoms with Gasteiger partial charge in [-0.15, -0.1) is 11.8 Å². The van der Waals surface area contributed by atoms with Gasteiger partial charge in [0.15, 0.2) is 0 Å². The number of hydrogen-bond acceptors (Lipinski definition) is 3. The highest BCUT2D eigenvalue weighted by atomic mass is 32.2. The van der Waals surface area contributed by atoms with Crippen LogP contribution in [0.25, 0.3) is 10.8 Å². The molecule has 1 atom stereocenters. The van der Waals surface area contributed by atoms with E-state index in [0.29, 0.717) is 0 Å². The van der Waals surface area contributed by atoms with Crippen molar-refractivity contribution >= 4 is 22.5 Å². The van der Waals surface area contributed by atoms with Gasteiger partial charge < -0.3 is 0 Å². The molecule has 106 valence electrons. The highest BCUT2D eigenvalue weighted by Gasteiger charge is 2.14. The van der Waals surface area contributed by atoms with E-state index in [4.69, 9.17) is 5.84 Å². The predicted molar refractivity (Wildman–Crippen MR) is 91.3 cm³/mol. The van der Waals surface area contributed by atoms with E-state index in [1.807, 2.05) is 0 Å². The third-order valence-electron chi connectivity index (χ3n) is 3.75. The Balaban J connectivity index is 2.09. The number of fused-ring (bicyclic) bond motifs is 1. The predicted octanol–water partition coefficient (Wildman–Crippen LogP) is 4.11. The van der Waals surface area contributed by atoms with E-state index in [9.17, 15) is 0 Å². The normalized spacial score (nSPS) is 12.5. The zero-order valence-corrected chi connectivity index (χ0v) is 12.7. The summed E-state index contributed by atoms with van der Waals surface area (Å²) < 4.78 is 0. The first-order chi connectivity index (χ1) is 10.3. The molecule has 0 aromatic heterocycles. The lowest BCUT2D eigenvalue weighted by Crippen LogP contribution is -2.29. The molecule has 0 aliphatic rings. The van der Waals surface area contributed by atoms with Crippen LogP contribution in [-0.2, 0) is 0 Å². The molecule has 0 heterocycles. The topological polar surface area (TPSA) is 38.0 Å². The molecule has 3 N–H and O–H groups in total. The quantitative estimate of drug-likeness (QED) is 0.432. The largest absolute Gasteiger partial charge is 0.271 e. The number of rotatable bonds is 4. The molecule has 0 fully saturated rings. The van der Waals surface area contributed by atoms with E-state index in [-0.39, 0.29) is 6.04 Å². The van der Waals surface area contributed by atoms with Gasteiger partial charge in [0.1, 0.15) is 0 Å². The maximum absolute atomic E-state index is 5.84. The molecule has 0 amide bonds. The summed E-state index contributed by atoms with van der Waals surface area (Å²) in [7, 11) is 0. The minimum absolute atomic E-state index is 0.00740. The van der Waals surface area contributed by atoms with Crippen molar-refractivity contribution < 1.29 is 0 Å². The van der Waals surface area contributed by atoms with E-state index in [1.165, 1.54) is 26.8 Å². The molecule has 2 nitrogen and oxygen atoms in total. The van der Waals surface area contributed by atoms with Crippen molar-refractivity contribution in [2.45, 2.75) is 10.9 Å². The minimum Gasteiger partial charge on any atom is -0.271 e. The van der Waals surface area contributed by atoms with Crippen molar-refractivity contribution in [3.8, 4) is 0 Å². The van der Waals surface area contributed by atoms with Gasteiger partial charge in [0.05, 0.1) is 6.04 Å². The zero-order chi connectivity index (χ0) is 14.7. The third-order valence-corrected chi connectivity index (χ3v) is 4.49. The minimum atomic E-state index is -0.00740. The van der Waals surface area contributed by atoms with E-state index in [0.717, 1.165) is 0 Å². The molecular weight excluding hydrogens is 276 g/mol. The van der Waals surface area contributed by atoms with Crippen molar-refractivity contribution in [2.24, 2.45) is 5.84 Å². The third kappa shape index (κ3) is 2.81. The Labute approximate surface area is 129 Å². The number of thioether (sulfide) groups is 1. The summed E-state index contributed by atoms with van der Waals surface area (Å²) >= 11 is 1.74. The second-order valence-electron chi connectivity index (χ2n) is 4.94. The van der Waals surface area contributed by atoms with Crippen molar-refractivity contribution in [2.75, 3.05) is 6.26 Å². The van der Waals surface area contributed by atoms with Crippen LogP contribution in [-0.4, -0.2) is 6.26 Å². The Morgan fingerprint density at radius 1 is 0.905 bits per heavy atom. The maximum Gasteiger partial charge on any atom is 0.0716 e. The summed E-state index contributed by atoms with van der Waals surface area (Å²) in [6.07, 6.45) is 2.08. The molecule has 1 unspecified atom stereocenters. The van der Waals surface area contributed by atoms with E-state index < -0.39 is 0 Å². The Hall–Kier alpha value is -1.81. The molecule has 3 aromatic rings. The molecule has 0 radical (unpaired) electrons. The lowest BCUT2D eigenvalue weighted by molar-refractivity contribution is 0.640. The highest BCUT2D eigenvalue weighted by Crippen LogP contribution is 2.29. The van der Waals surface area contributed by atoms with Gasteiger partial charge in [0.2, 0.25) is 0 Å². The van der Waals surface area contributed by atoms with Crippen LogP contribution in [0.5, 0.6) is 0 Å². The molecule has 0 bridgehead atoms. The van der Waals surface area contributed by atoms with Crippen LogP contribution in [0.15, 0.2) is 71.6 Å². The molecule has 3 aromatic carbocycles. The summed E-state index contributed by atoms with van der Waals surface area (Å²) in [5.74, 6) is 5.84. The van der Waals surface area contributed by atoms with Crippen molar-refractivity contribution in [1.82, 2.24) is 5.43 Å². The average Bonchev–Trinajstić information content (AvgIpc) is 2.56. The van der Waals surface area contributed by atoms with Crippen LogP contribution in [0.3, 0.4) is 0 Å². The van der Waals surface area contributed by atoms with Crippen molar-refractivity contribution in [3.63, 3.8) is 0 Å². The standard InChI is InChI=1S/C18H18N2S/c1-21-15-11-9-14(10-12-15)18(20-19)17-8-4-6-13-5-2-3-7-16(13)17/h2-12,18,20H,19H2,1H3. The maximum atomic E-state index is 5.84. The van der Waals surface area contributed by atoms with Gasteiger partial charge in [-0.2, -0.15) is 0 Å². The van der Waals surface area contributed by atoms with Crippen LogP contribution in [0, 0.1) is 0 Å². The molecule has 0 saturated heterocycles. The summed E-state index contributed by atoms with van der Waals surface area (Å²) in [5.41, 5.74) is 5.33. The van der Waals surface area contributed by atoms with Crippen LogP contribution >= 0.6 is 11.8 Å². The lowest BCUT2D eigenvalue weighted by Gasteiger charge is -2.19. The fraction of sp³-hybridized carbons (Fsp3) is 0.111. The fourth-order valence-corrected chi connectivity index (χ4v) is 3.07. The van der Waals surface area contributed by atoms with Crippen molar-refractivity contribution in [1.29, 1.82) is 0 Å². The fourth-order valence-electron chi connectivity index (χ4n) is 2.66. The molecule has 0 spiro atoms. The lowest BCUT2D eigenvalue weighted by atomic mass is 9.94. The van der Waals surface area contributed by atoms with Gasteiger partial charge in [0, 0.05) is 4.90 Å². The Morgan fingerprint density at radius 3 is 2.33 bits per heavy atom. The van der Waals surface area contributed by atoms with Gasteiger partial charge in [-0.05, 0) is 40.3 Å². The molecule has 3 rings (SSSR count). The number of nitrogens with two attached hydrogens (primary N) is 1. The second kappa shape index (κ2) is 6.31. The van der Waals surface area contributed by atoms with Crippen LogP contribution < -0.4 is 11.3 Å². The summed E-state index contributed by atoms with van der Waals surface area (Å²) in [5, 5.41) is 2.47. The number of hydrogen-bond donors (Lipinski definition) is 2. The first-order valence-electron chi connectivity index (χ1n) is 6.91. The number of hydrazine groups is 1. The highest BCUT2D eigenvalue weighted by molar-refractivity contribution is 7.98. The number of benzene rings is 3. The number of nitrogens with one attached hydrogen (secondary N) is 1. The van der Waals surface area contributed by atoms with Gasteiger partial charge in [0.25, 0.3) is 0 Å². The van der Waals surface area contributed by atoms with Gasteiger partial charge >= 0.3 is 0 Å². The van der Waals surface area contributed by atoms with Gasteiger partial charge in [-0.1, -0.05) is 54.6 Å². The Morgan fingerprint density at radius 2 is 1.62 bits per heavy atom. The molecule has 0 saturated carbocycles. The van der Waals surface area contributed by atoms with E-state index >= 15 is 0 Å². The average molecular weight is 294 g/mol. The van der Waals surface area contributed by atoms with E-state index in [2.05, 4.69) is 78.4 Å². The van der Waals surface area contributed by atoms with E-state index in [1.54, 1.807) is 11.8 Å². The first-order valence-corrected chi connectivity index (χ1v) is 8.13. The summed E-state index contributed by atoms with van der Waals surface area (Å²) in [6, 6.07) is 23.3. The van der Waals surface area contributed by atoms with Crippen LogP contribution in [0.4, 0.5) is 0 Å². The first kappa shape index (κ1) is 14.1. The Bertz CT molecular complexity index is 732. The second-order valence-corrected chi connectivity index (χ2v) is 5.82. The molecular formula is C18H18N2S. The van der Waals surface area contributed by atoms with Crippen LogP contribution in [0.1, 0.15) is 17.2 Å². The molecule has 3 heteroatoms. The summed E-state index contributed by atoms with van der Waals surface area (Å²) in [6.45, 7) is 0.